The summed E-state index contributed by atoms with van der Waals surface area (Å²) in [5, 5.41) is 12.1. The number of nitrogens with one attached hydrogen (secondary N) is 1. The highest BCUT2D eigenvalue weighted by Crippen LogP contribution is 2.31. The monoisotopic (exact) mass is 514 g/mol. The van der Waals surface area contributed by atoms with Crippen molar-refractivity contribution in [1.82, 2.24) is 5.32 Å². The number of nitrogens with zero attached hydrogens (tertiary/aromatic N) is 2. The maximum absolute atomic E-state index is 13.0. The molecule has 1 atom stereocenters. The molecule has 2 amide bonds. The lowest BCUT2D eigenvalue weighted by molar-refractivity contribution is 0.0938. The predicted octanol–water partition coefficient (Wildman–Crippen LogP) is 5.77. The van der Waals surface area contributed by atoms with Crippen molar-refractivity contribution in [3.63, 3.8) is 0 Å². The fourth-order valence-corrected chi connectivity index (χ4v) is 5.20. The summed E-state index contributed by atoms with van der Waals surface area (Å²) in [5.74, 6) is -0.556. The van der Waals surface area contributed by atoms with Gasteiger partial charge in [-0.1, -0.05) is 48.5 Å². The summed E-state index contributed by atoms with van der Waals surface area (Å²) in [4.78, 5) is 27.3. The van der Waals surface area contributed by atoms with Gasteiger partial charge in [-0.2, -0.15) is 5.26 Å². The van der Waals surface area contributed by atoms with E-state index in [1.54, 1.807) is 18.2 Å². The number of amides is 2. The van der Waals surface area contributed by atoms with E-state index in [0.29, 0.717) is 16.7 Å². The quantitative estimate of drug-likeness (QED) is 0.327. The second-order valence-electron chi connectivity index (χ2n) is 9.91. The molecule has 1 aliphatic rings. The number of nitriles is 1. The lowest BCUT2D eigenvalue weighted by Crippen LogP contribution is -2.30. The first-order chi connectivity index (χ1) is 18.9. The van der Waals surface area contributed by atoms with Crippen molar-refractivity contribution in [2.45, 2.75) is 32.4 Å². The highest BCUT2D eigenvalue weighted by Gasteiger charge is 2.20. The highest BCUT2D eigenvalue weighted by molar-refractivity contribution is 5.99. The standard InChI is InChI=1S/C33H30N4O2/c1-22(25-13-11-23(20-34)12-14-25)36-33(39)28-15-16-31-27(19-28)8-5-17-37(31)21-24-6-4-7-26(18-24)29-9-2-3-10-30(29)32(35)38/h2-4,6-7,9-16,18-19,22H,5,8,17,21H2,1H3,(H2,35,38)(H,36,39). The molecule has 1 aliphatic heterocycles. The van der Waals surface area contributed by atoms with E-state index in [1.165, 1.54) is 0 Å². The highest BCUT2D eigenvalue weighted by atomic mass is 16.2. The summed E-state index contributed by atoms with van der Waals surface area (Å²) in [6.45, 7) is 3.59. The zero-order valence-electron chi connectivity index (χ0n) is 21.9. The molecule has 0 bridgehead atoms. The van der Waals surface area contributed by atoms with Crippen LogP contribution >= 0.6 is 0 Å². The van der Waals surface area contributed by atoms with Crippen LogP contribution in [-0.4, -0.2) is 18.4 Å². The molecule has 0 spiro atoms. The number of benzene rings is 4. The van der Waals surface area contributed by atoms with Gasteiger partial charge in [0.05, 0.1) is 17.7 Å². The Morgan fingerprint density at radius 1 is 1.00 bits per heavy atom. The van der Waals surface area contributed by atoms with Crippen molar-refractivity contribution < 1.29 is 9.59 Å². The Hall–Kier alpha value is -4.89. The first kappa shape index (κ1) is 25.7. The molecule has 0 aliphatic carbocycles. The van der Waals surface area contributed by atoms with E-state index in [1.807, 2.05) is 67.6 Å². The molecule has 0 saturated heterocycles. The van der Waals surface area contributed by atoms with Gasteiger partial charge in [0.2, 0.25) is 5.91 Å². The van der Waals surface area contributed by atoms with E-state index in [4.69, 9.17) is 11.0 Å². The van der Waals surface area contributed by atoms with Crippen LogP contribution in [0.4, 0.5) is 5.69 Å². The second kappa shape index (κ2) is 11.2. The molecule has 0 saturated carbocycles. The largest absolute Gasteiger partial charge is 0.367 e. The van der Waals surface area contributed by atoms with Gasteiger partial charge >= 0.3 is 0 Å². The summed E-state index contributed by atoms with van der Waals surface area (Å²) < 4.78 is 0. The van der Waals surface area contributed by atoms with Gasteiger partial charge in [-0.15, -0.1) is 0 Å². The number of carbonyl (C=O) groups is 2. The third-order valence-electron chi connectivity index (χ3n) is 7.25. The van der Waals surface area contributed by atoms with E-state index < -0.39 is 5.91 Å². The lowest BCUT2D eigenvalue weighted by Gasteiger charge is -2.32. The van der Waals surface area contributed by atoms with Crippen LogP contribution in [-0.2, 0) is 13.0 Å². The van der Waals surface area contributed by atoms with E-state index in [9.17, 15) is 9.59 Å². The van der Waals surface area contributed by atoms with Crippen LogP contribution in [0.1, 0.15) is 62.4 Å². The van der Waals surface area contributed by atoms with Gasteiger partial charge in [0.25, 0.3) is 5.91 Å². The van der Waals surface area contributed by atoms with Crippen molar-refractivity contribution in [2.24, 2.45) is 5.73 Å². The smallest absolute Gasteiger partial charge is 0.251 e. The number of hydrogen-bond donors (Lipinski definition) is 2. The number of carbonyl (C=O) groups excluding carboxylic acids is 2. The zero-order chi connectivity index (χ0) is 27.4. The molecule has 0 radical (unpaired) electrons. The molecule has 6 nitrogen and oxygen atoms in total. The SMILES string of the molecule is CC(NC(=O)c1ccc2c(c1)CCCN2Cc1cccc(-c2ccccc2C(N)=O)c1)c1ccc(C#N)cc1. The number of anilines is 1. The molecule has 0 fully saturated rings. The van der Waals surface area contributed by atoms with Crippen molar-refractivity contribution in [3.05, 3.63) is 124 Å². The second-order valence-corrected chi connectivity index (χ2v) is 9.91. The third kappa shape index (κ3) is 5.68. The topological polar surface area (TPSA) is 99.2 Å². The fourth-order valence-electron chi connectivity index (χ4n) is 5.20. The number of fused-ring (bicyclic) bond motifs is 1. The molecule has 194 valence electrons. The Morgan fingerprint density at radius 2 is 1.79 bits per heavy atom. The molecular weight excluding hydrogens is 484 g/mol. The number of primary amides is 1. The molecule has 4 aromatic rings. The molecule has 4 aromatic carbocycles. The van der Waals surface area contributed by atoms with Crippen molar-refractivity contribution in [1.29, 1.82) is 5.26 Å². The minimum atomic E-state index is -0.438. The van der Waals surface area contributed by atoms with Crippen molar-refractivity contribution >= 4 is 17.5 Å². The first-order valence-corrected chi connectivity index (χ1v) is 13.1. The van der Waals surface area contributed by atoms with Crippen LogP contribution in [0.5, 0.6) is 0 Å². The molecule has 6 heteroatoms. The predicted molar refractivity (Wildman–Crippen MR) is 153 cm³/mol. The van der Waals surface area contributed by atoms with Crippen LogP contribution < -0.4 is 16.0 Å². The Balaban J connectivity index is 1.32. The van der Waals surface area contributed by atoms with Crippen LogP contribution in [0.15, 0.2) is 91.0 Å². The number of rotatable bonds is 7. The number of nitrogens with two attached hydrogens (primary N) is 1. The van der Waals surface area contributed by atoms with Gasteiger partial charge in [0.15, 0.2) is 0 Å². The van der Waals surface area contributed by atoms with Gasteiger partial charge < -0.3 is 16.0 Å². The van der Waals surface area contributed by atoms with Crippen LogP contribution in [0, 0.1) is 11.3 Å². The number of aryl methyl sites for hydroxylation is 1. The summed E-state index contributed by atoms with van der Waals surface area (Å²) in [7, 11) is 0. The summed E-state index contributed by atoms with van der Waals surface area (Å²) in [6, 6.07) is 30.8. The van der Waals surface area contributed by atoms with Crippen LogP contribution in [0.3, 0.4) is 0 Å². The van der Waals surface area contributed by atoms with E-state index >= 15 is 0 Å². The molecule has 1 heterocycles. The normalized spacial score (nSPS) is 13.2. The average molecular weight is 515 g/mol. The van der Waals surface area contributed by atoms with Gasteiger partial charge in [-0.3, -0.25) is 9.59 Å². The molecule has 0 aromatic heterocycles. The molecule has 3 N–H and O–H groups in total. The summed E-state index contributed by atoms with van der Waals surface area (Å²) in [6.07, 6.45) is 1.92. The maximum atomic E-state index is 13.0. The van der Waals surface area contributed by atoms with Crippen molar-refractivity contribution in [2.75, 3.05) is 11.4 Å². The molecule has 5 rings (SSSR count). The summed E-state index contributed by atoms with van der Waals surface area (Å²) in [5.41, 5.74) is 13.5. The average Bonchev–Trinajstić information content (AvgIpc) is 2.97. The first-order valence-electron chi connectivity index (χ1n) is 13.1. The minimum absolute atomic E-state index is 0.118. The minimum Gasteiger partial charge on any atom is -0.367 e. The molecule has 39 heavy (non-hydrogen) atoms. The Bertz CT molecular complexity index is 1570. The maximum Gasteiger partial charge on any atom is 0.251 e. The van der Waals surface area contributed by atoms with Gasteiger partial charge in [0, 0.05) is 29.9 Å². The van der Waals surface area contributed by atoms with Crippen LogP contribution in [0.25, 0.3) is 11.1 Å². The number of hydrogen-bond acceptors (Lipinski definition) is 4. The van der Waals surface area contributed by atoms with E-state index in [0.717, 1.165) is 59.4 Å². The van der Waals surface area contributed by atoms with Gasteiger partial charge in [-0.05, 0) is 90.0 Å². The van der Waals surface area contributed by atoms with E-state index in [2.05, 4.69) is 28.4 Å². The Kier molecular flexibility index (Phi) is 7.42. The molecular formula is C33H30N4O2. The van der Waals surface area contributed by atoms with Crippen LogP contribution in [0.2, 0.25) is 0 Å². The van der Waals surface area contributed by atoms with Gasteiger partial charge in [-0.25, -0.2) is 0 Å². The molecule has 1 unspecified atom stereocenters. The Labute approximate surface area is 228 Å². The lowest BCUT2D eigenvalue weighted by atomic mass is 9.96. The fraction of sp³-hybridized carbons (Fsp3) is 0.182. The van der Waals surface area contributed by atoms with Crippen molar-refractivity contribution in [3.8, 4) is 17.2 Å². The summed E-state index contributed by atoms with van der Waals surface area (Å²) >= 11 is 0. The zero-order valence-corrected chi connectivity index (χ0v) is 21.9. The third-order valence-corrected chi connectivity index (χ3v) is 7.25. The Morgan fingerprint density at radius 3 is 2.56 bits per heavy atom. The van der Waals surface area contributed by atoms with Gasteiger partial charge in [0.1, 0.15) is 0 Å². The van der Waals surface area contributed by atoms with E-state index in [-0.39, 0.29) is 11.9 Å².